The average molecular weight is 147 g/mol. The van der Waals surface area contributed by atoms with E-state index in [1.807, 2.05) is 0 Å². The minimum absolute atomic E-state index is 0. The van der Waals surface area contributed by atoms with Gasteiger partial charge in [0.1, 0.15) is 0 Å². The number of halogens is 2. The van der Waals surface area contributed by atoms with Gasteiger partial charge in [0.25, 0.3) is 0 Å². The molecular weight excluding hydrogens is 137 g/mol. The number of aliphatic hydroxyl groups excluding tert-OH is 1. The van der Waals surface area contributed by atoms with Gasteiger partial charge in [-0.25, -0.2) is 0 Å². The van der Waals surface area contributed by atoms with Crippen molar-refractivity contribution in [2.75, 3.05) is 11.9 Å². The quantitative estimate of drug-likeness (QED) is 0.516. The van der Waals surface area contributed by atoms with Crippen molar-refractivity contribution < 1.29 is 5.11 Å². The minimum atomic E-state index is 0. The van der Waals surface area contributed by atoms with E-state index in [1.165, 1.54) is 0 Å². The summed E-state index contributed by atoms with van der Waals surface area (Å²) in [5, 5.41) is 7.76. The Balaban J connectivity index is -0.0000000400. The smallest absolute Gasteiger partial charge is 0.0967 e. The lowest BCUT2D eigenvalue weighted by molar-refractivity contribution is 0.318. The van der Waals surface area contributed by atoms with Crippen LogP contribution in [-0.4, -0.2) is 17.1 Å². The van der Waals surface area contributed by atoms with E-state index in [0.29, 0.717) is 0 Å². The van der Waals surface area contributed by atoms with E-state index in [-0.39, 0.29) is 18.1 Å². The second kappa shape index (κ2) is 31.5. The predicted molar refractivity (Wildman–Crippen MR) is 33.4 cm³/mol. The van der Waals surface area contributed by atoms with Crippen LogP contribution in [0.15, 0.2) is 0 Å². The van der Waals surface area contributed by atoms with Crippen LogP contribution in [-0.2, 0) is 0 Å². The molecule has 0 rings (SSSR count). The van der Waals surface area contributed by atoms with E-state index in [2.05, 4.69) is 0 Å². The number of rotatable bonds is 0. The highest BCUT2D eigenvalue weighted by molar-refractivity contribution is 6.40. The molecule has 0 saturated carbocycles. The SMILES string of the molecule is CCO.ClCCl.[NH2]. The van der Waals surface area contributed by atoms with Gasteiger partial charge in [0.2, 0.25) is 0 Å². The highest BCUT2D eigenvalue weighted by atomic mass is 35.5. The topological polar surface area (TPSA) is 53.7 Å². The molecule has 1 radical (unpaired) electrons. The van der Waals surface area contributed by atoms with Gasteiger partial charge in [0.05, 0.1) is 5.34 Å². The normalized spacial score (nSPS) is 5.14. The molecule has 0 aliphatic heterocycles. The summed E-state index contributed by atoms with van der Waals surface area (Å²) in [6.45, 7) is 1.93. The molecule has 47 valence electrons. The lowest BCUT2D eigenvalue weighted by Gasteiger charge is -1.52. The zero-order valence-corrected chi connectivity index (χ0v) is 5.71. The number of aliphatic hydroxyl groups is 1. The Morgan fingerprint density at radius 3 is 1.43 bits per heavy atom. The molecule has 0 amide bonds. The van der Waals surface area contributed by atoms with Crippen molar-refractivity contribution in [2.45, 2.75) is 6.92 Å². The van der Waals surface area contributed by atoms with E-state index in [1.54, 1.807) is 6.92 Å². The fourth-order valence-electron chi connectivity index (χ4n) is 0. The summed E-state index contributed by atoms with van der Waals surface area (Å²) < 4.78 is 0. The minimum Gasteiger partial charge on any atom is -0.397 e. The first-order valence-electron chi connectivity index (χ1n) is 1.56. The van der Waals surface area contributed by atoms with Gasteiger partial charge in [-0.1, -0.05) is 0 Å². The zero-order chi connectivity index (χ0) is 5.41. The van der Waals surface area contributed by atoms with E-state index in [0.717, 1.165) is 0 Å². The maximum Gasteiger partial charge on any atom is 0.0967 e. The number of hydrogen-bond donors (Lipinski definition) is 1. The van der Waals surface area contributed by atoms with Gasteiger partial charge in [-0.15, -0.1) is 23.2 Å². The van der Waals surface area contributed by atoms with Gasteiger partial charge in [-0.3, -0.25) is 6.15 Å². The van der Waals surface area contributed by atoms with Gasteiger partial charge >= 0.3 is 0 Å². The van der Waals surface area contributed by atoms with Crippen LogP contribution in [0.4, 0.5) is 0 Å². The number of nitrogens with two attached hydrogens (primary N) is 1. The summed E-state index contributed by atoms with van der Waals surface area (Å²) in [6, 6.07) is 0. The molecule has 0 aliphatic rings. The van der Waals surface area contributed by atoms with Crippen LogP contribution in [0.5, 0.6) is 0 Å². The summed E-state index contributed by atoms with van der Waals surface area (Å²) in [4.78, 5) is 0. The van der Waals surface area contributed by atoms with Crippen molar-refractivity contribution in [2.24, 2.45) is 0 Å². The second-order valence-corrected chi connectivity index (χ2v) is 1.23. The maximum absolute atomic E-state index is 7.57. The van der Waals surface area contributed by atoms with Gasteiger partial charge in [-0.05, 0) is 6.92 Å². The van der Waals surface area contributed by atoms with Gasteiger partial charge in [-0.2, -0.15) is 0 Å². The van der Waals surface area contributed by atoms with E-state index < -0.39 is 0 Å². The molecule has 3 N–H and O–H groups in total. The highest BCUT2D eigenvalue weighted by Crippen LogP contribution is 1.73. The first kappa shape index (κ1) is 15.6. The van der Waals surface area contributed by atoms with Crippen LogP contribution in [0, 0.1) is 0 Å². The fraction of sp³-hybridized carbons (Fsp3) is 1.00. The van der Waals surface area contributed by atoms with Crippen LogP contribution in [0.25, 0.3) is 0 Å². The van der Waals surface area contributed by atoms with Crippen molar-refractivity contribution in [3.8, 4) is 0 Å². The van der Waals surface area contributed by atoms with Crippen molar-refractivity contribution in [1.29, 1.82) is 0 Å². The Bertz CT molecular complexity index is 14.9. The lowest BCUT2D eigenvalue weighted by Crippen LogP contribution is -1.57. The Kier molecular flexibility index (Phi) is 70.3. The Hall–Kier alpha value is 0.500. The third-order valence-electron chi connectivity index (χ3n) is 0. The first-order chi connectivity index (χ1) is 2.83. The third-order valence-corrected chi connectivity index (χ3v) is 0. The van der Waals surface area contributed by atoms with Gasteiger partial charge < -0.3 is 5.11 Å². The molecular formula is C3H10Cl2NO. The molecule has 0 aromatic carbocycles. The summed E-state index contributed by atoms with van der Waals surface area (Å²) >= 11 is 9.53. The molecule has 0 spiro atoms. The molecule has 0 atom stereocenters. The second-order valence-electron chi connectivity index (χ2n) is 0.417. The molecule has 2 nitrogen and oxygen atoms in total. The van der Waals surface area contributed by atoms with Crippen LogP contribution in [0.2, 0.25) is 0 Å². The molecule has 0 saturated heterocycles. The van der Waals surface area contributed by atoms with Crippen LogP contribution in [0.3, 0.4) is 0 Å². The molecule has 0 heterocycles. The molecule has 0 unspecified atom stereocenters. The van der Waals surface area contributed by atoms with Crippen LogP contribution < -0.4 is 6.15 Å². The Morgan fingerprint density at radius 1 is 1.43 bits per heavy atom. The van der Waals surface area contributed by atoms with E-state index in [4.69, 9.17) is 28.3 Å². The molecule has 0 fully saturated rings. The lowest BCUT2D eigenvalue weighted by atomic mass is 10.9. The van der Waals surface area contributed by atoms with Crippen LogP contribution >= 0.6 is 23.2 Å². The fourth-order valence-corrected chi connectivity index (χ4v) is 0. The van der Waals surface area contributed by atoms with E-state index >= 15 is 0 Å². The molecule has 7 heavy (non-hydrogen) atoms. The van der Waals surface area contributed by atoms with Crippen molar-refractivity contribution in [3.63, 3.8) is 0 Å². The van der Waals surface area contributed by atoms with Crippen molar-refractivity contribution in [3.05, 3.63) is 0 Å². The summed E-state index contributed by atoms with van der Waals surface area (Å²) in [5.74, 6) is 0. The van der Waals surface area contributed by atoms with Crippen molar-refractivity contribution in [1.82, 2.24) is 6.15 Å². The molecule has 0 bridgehead atoms. The molecule has 0 aromatic rings. The van der Waals surface area contributed by atoms with E-state index in [9.17, 15) is 0 Å². The first-order valence-corrected chi connectivity index (χ1v) is 2.63. The number of hydrogen-bond acceptors (Lipinski definition) is 1. The predicted octanol–water partition coefficient (Wildman–Crippen LogP) is 1.37. The maximum atomic E-state index is 7.57. The Labute approximate surface area is 54.0 Å². The molecule has 4 heteroatoms. The largest absolute Gasteiger partial charge is 0.397 e. The third kappa shape index (κ3) is 527. The summed E-state index contributed by atoms with van der Waals surface area (Å²) in [5.41, 5.74) is 0. The zero-order valence-electron chi connectivity index (χ0n) is 4.19. The van der Waals surface area contributed by atoms with Crippen molar-refractivity contribution >= 4 is 23.2 Å². The molecule has 0 aromatic heterocycles. The van der Waals surface area contributed by atoms with Crippen LogP contribution in [0.1, 0.15) is 6.92 Å². The Morgan fingerprint density at radius 2 is 1.43 bits per heavy atom. The van der Waals surface area contributed by atoms with Gasteiger partial charge in [0.15, 0.2) is 0 Å². The number of alkyl halides is 2. The molecule has 0 aliphatic carbocycles. The van der Waals surface area contributed by atoms with Gasteiger partial charge in [0, 0.05) is 6.61 Å². The monoisotopic (exact) mass is 146 g/mol. The standard InChI is InChI=1S/C2H6O.CH2Cl2.H2N/c1-2-3;2-1-3;/h3H,2H2,1H3;1H2;1H2. The summed E-state index contributed by atoms with van der Waals surface area (Å²) in [7, 11) is 0. The average Bonchev–Trinajstić information content (AvgIpc) is 1.39. The summed E-state index contributed by atoms with van der Waals surface area (Å²) in [6.07, 6.45) is 0. The highest BCUT2D eigenvalue weighted by Gasteiger charge is 1.41.